The molecule has 0 saturated heterocycles. The lowest BCUT2D eigenvalue weighted by Gasteiger charge is -2.26. The van der Waals surface area contributed by atoms with Crippen LogP contribution in [0.15, 0.2) is 42.6 Å². The number of ether oxygens (including phenoxy) is 4. The van der Waals surface area contributed by atoms with E-state index in [0.29, 0.717) is 35.2 Å². The van der Waals surface area contributed by atoms with Crippen LogP contribution in [-0.2, 0) is 11.2 Å². The van der Waals surface area contributed by atoms with E-state index in [1.165, 1.54) is 11.3 Å². The molecular weight excluding hydrogens is 570 g/mol. The largest absolute Gasteiger partial charge is 0.484 e. The number of rotatable bonds is 5. The SMILES string of the molecule is COc1cnc2c(-c3nc4c(C)cc5c(c4s3)OCC(COC(=O)Nc3ccc4c(c3)C(=O)NCC4)O5)cc(C)cc2n1. The van der Waals surface area contributed by atoms with E-state index in [4.69, 9.17) is 23.9 Å². The van der Waals surface area contributed by atoms with E-state index < -0.39 is 12.2 Å². The average Bonchev–Trinajstić information content (AvgIpc) is 3.46. The third kappa shape index (κ3) is 5.03. The van der Waals surface area contributed by atoms with Crippen LogP contribution in [0.3, 0.4) is 0 Å². The number of amides is 2. The van der Waals surface area contributed by atoms with Crippen molar-refractivity contribution in [2.24, 2.45) is 0 Å². The molecule has 3 aromatic carbocycles. The molecule has 0 aliphatic carbocycles. The van der Waals surface area contributed by atoms with Crippen LogP contribution in [0.25, 0.3) is 31.8 Å². The predicted octanol–water partition coefficient (Wildman–Crippen LogP) is 5.21. The van der Waals surface area contributed by atoms with Gasteiger partial charge in [0.2, 0.25) is 5.88 Å². The molecule has 2 N–H and O–H groups in total. The van der Waals surface area contributed by atoms with Gasteiger partial charge in [0.05, 0.1) is 29.9 Å². The monoisotopic (exact) mass is 597 g/mol. The van der Waals surface area contributed by atoms with Gasteiger partial charge < -0.3 is 24.3 Å². The predicted molar refractivity (Wildman–Crippen MR) is 162 cm³/mol. The summed E-state index contributed by atoms with van der Waals surface area (Å²) in [4.78, 5) is 38.8. The van der Waals surface area contributed by atoms with E-state index in [0.717, 1.165) is 54.9 Å². The van der Waals surface area contributed by atoms with Gasteiger partial charge in [-0.2, -0.15) is 0 Å². The second kappa shape index (κ2) is 10.7. The Morgan fingerprint density at radius 1 is 1.14 bits per heavy atom. The molecule has 4 heterocycles. The lowest BCUT2D eigenvalue weighted by molar-refractivity contribution is 0.0383. The molecular formula is C31H27N5O6S. The van der Waals surface area contributed by atoms with Crippen LogP contribution in [-0.4, -0.2) is 59.9 Å². The zero-order chi connectivity index (χ0) is 29.7. The number of thiazole rings is 1. The van der Waals surface area contributed by atoms with Crippen molar-refractivity contribution in [3.63, 3.8) is 0 Å². The highest BCUT2D eigenvalue weighted by atomic mass is 32.1. The average molecular weight is 598 g/mol. The van der Waals surface area contributed by atoms with Crippen LogP contribution >= 0.6 is 11.3 Å². The van der Waals surface area contributed by atoms with Gasteiger partial charge in [0.1, 0.15) is 22.9 Å². The summed E-state index contributed by atoms with van der Waals surface area (Å²) in [6, 6.07) is 11.2. The minimum atomic E-state index is -0.643. The van der Waals surface area contributed by atoms with Crippen LogP contribution in [0.1, 0.15) is 27.0 Å². The summed E-state index contributed by atoms with van der Waals surface area (Å²) in [7, 11) is 1.57. The number of hydrogen-bond donors (Lipinski definition) is 2. The Morgan fingerprint density at radius 3 is 2.88 bits per heavy atom. The van der Waals surface area contributed by atoms with Crippen LogP contribution < -0.4 is 24.8 Å². The highest BCUT2D eigenvalue weighted by Gasteiger charge is 2.28. The fourth-order valence-electron chi connectivity index (χ4n) is 5.32. The molecule has 43 heavy (non-hydrogen) atoms. The van der Waals surface area contributed by atoms with Crippen LogP contribution in [0.4, 0.5) is 10.5 Å². The van der Waals surface area contributed by atoms with Crippen molar-refractivity contribution >= 4 is 50.3 Å². The lowest BCUT2D eigenvalue weighted by Crippen LogP contribution is -2.35. The van der Waals surface area contributed by atoms with Crippen molar-refractivity contribution in [3.8, 4) is 28.0 Å². The molecule has 0 fully saturated rings. The fraction of sp³-hybridized carbons (Fsp3) is 0.258. The summed E-state index contributed by atoms with van der Waals surface area (Å²) in [6.45, 7) is 4.77. The number of anilines is 1. The number of aryl methyl sites for hydroxylation is 2. The first-order valence-corrected chi connectivity index (χ1v) is 14.6. The Balaban J connectivity index is 1.08. The molecule has 2 aromatic heterocycles. The highest BCUT2D eigenvalue weighted by molar-refractivity contribution is 7.22. The van der Waals surface area contributed by atoms with Gasteiger partial charge in [0.25, 0.3) is 5.91 Å². The zero-order valence-corrected chi connectivity index (χ0v) is 24.5. The van der Waals surface area contributed by atoms with E-state index >= 15 is 0 Å². The number of aromatic nitrogens is 3. The first-order chi connectivity index (χ1) is 20.9. The van der Waals surface area contributed by atoms with Crippen molar-refractivity contribution in [1.82, 2.24) is 20.3 Å². The molecule has 2 aliphatic rings. The maximum absolute atomic E-state index is 12.5. The van der Waals surface area contributed by atoms with E-state index in [9.17, 15) is 9.59 Å². The molecule has 0 saturated carbocycles. The molecule has 0 spiro atoms. The van der Waals surface area contributed by atoms with Crippen molar-refractivity contribution in [2.75, 3.05) is 32.2 Å². The number of nitrogens with one attached hydrogen (secondary N) is 2. The van der Waals surface area contributed by atoms with Crippen molar-refractivity contribution in [3.05, 3.63) is 64.8 Å². The van der Waals surface area contributed by atoms with Gasteiger partial charge in [-0.15, -0.1) is 11.3 Å². The third-order valence-corrected chi connectivity index (χ3v) is 8.46. The fourth-order valence-corrected chi connectivity index (χ4v) is 6.47. The zero-order valence-electron chi connectivity index (χ0n) is 23.6. The van der Waals surface area contributed by atoms with E-state index in [-0.39, 0.29) is 19.1 Å². The Bertz CT molecular complexity index is 1940. The number of benzene rings is 3. The smallest absolute Gasteiger partial charge is 0.411 e. The van der Waals surface area contributed by atoms with Crippen LogP contribution in [0.2, 0.25) is 0 Å². The van der Waals surface area contributed by atoms with E-state index in [2.05, 4.69) is 26.7 Å². The number of methoxy groups -OCH3 is 1. The van der Waals surface area contributed by atoms with Crippen LogP contribution in [0, 0.1) is 13.8 Å². The summed E-state index contributed by atoms with van der Waals surface area (Å²) in [6.07, 6.45) is 1.22. The molecule has 1 unspecified atom stereocenters. The van der Waals surface area contributed by atoms with Crippen molar-refractivity contribution in [2.45, 2.75) is 26.4 Å². The number of fused-ring (bicyclic) bond motifs is 5. The Labute approximate surface area is 250 Å². The number of carbonyl (C=O) groups is 2. The first-order valence-electron chi connectivity index (χ1n) is 13.8. The normalized spacial score (nSPS) is 15.6. The maximum atomic E-state index is 12.5. The van der Waals surface area contributed by atoms with Gasteiger partial charge in [-0.1, -0.05) is 6.07 Å². The molecule has 7 rings (SSSR count). The minimum Gasteiger partial charge on any atom is -0.484 e. The molecule has 12 heteroatoms. The minimum absolute atomic E-state index is 0.0147. The molecule has 1 atom stereocenters. The molecule has 2 amide bonds. The van der Waals surface area contributed by atoms with Gasteiger partial charge in [-0.3, -0.25) is 10.1 Å². The Kier molecular flexibility index (Phi) is 6.69. The standard InChI is InChI=1S/C31H27N5O6S/c1-15-8-21(26-22(9-15)35-24(39-3)12-33-26)30-36-25-16(2)10-23-27(28(25)43-30)40-13-19(42-23)14-41-31(38)34-18-5-4-17-6-7-32-29(37)20(17)11-18/h4-5,8-12,19H,6-7,13-14H2,1-3H3,(H,32,37)(H,34,38). The third-order valence-electron chi connectivity index (χ3n) is 7.38. The molecule has 0 radical (unpaired) electrons. The van der Waals surface area contributed by atoms with Gasteiger partial charge in [0, 0.05) is 23.4 Å². The quantitative estimate of drug-likeness (QED) is 0.280. The molecule has 0 bridgehead atoms. The number of carbonyl (C=O) groups excluding carboxylic acids is 2. The summed E-state index contributed by atoms with van der Waals surface area (Å²) >= 11 is 1.50. The second-order valence-electron chi connectivity index (χ2n) is 10.5. The molecule has 11 nitrogen and oxygen atoms in total. The first kappa shape index (κ1) is 26.9. The number of hydrogen-bond acceptors (Lipinski definition) is 10. The van der Waals surface area contributed by atoms with E-state index in [1.54, 1.807) is 25.4 Å². The van der Waals surface area contributed by atoms with Crippen molar-refractivity contribution in [1.29, 1.82) is 0 Å². The topological polar surface area (TPSA) is 134 Å². The molecule has 218 valence electrons. The summed E-state index contributed by atoms with van der Waals surface area (Å²) < 4.78 is 23.9. The lowest BCUT2D eigenvalue weighted by atomic mass is 10.00. The van der Waals surface area contributed by atoms with Gasteiger partial charge >= 0.3 is 6.09 Å². The molecule has 5 aromatic rings. The summed E-state index contributed by atoms with van der Waals surface area (Å²) in [5.74, 6) is 1.48. The van der Waals surface area contributed by atoms with E-state index in [1.807, 2.05) is 32.0 Å². The number of nitrogens with zero attached hydrogens (tertiary/aromatic N) is 3. The van der Waals surface area contributed by atoms with Crippen LogP contribution in [0.5, 0.6) is 17.4 Å². The molecule has 2 aliphatic heterocycles. The van der Waals surface area contributed by atoms with Gasteiger partial charge in [0.15, 0.2) is 17.6 Å². The van der Waals surface area contributed by atoms with Gasteiger partial charge in [-0.05, 0) is 67.3 Å². The highest BCUT2D eigenvalue weighted by Crippen LogP contribution is 2.46. The second-order valence-corrected chi connectivity index (χ2v) is 11.5. The van der Waals surface area contributed by atoms with Crippen molar-refractivity contribution < 1.29 is 28.5 Å². The summed E-state index contributed by atoms with van der Waals surface area (Å²) in [5.41, 5.74) is 7.14. The Morgan fingerprint density at radius 2 is 2.02 bits per heavy atom. The summed E-state index contributed by atoms with van der Waals surface area (Å²) in [5, 5.41) is 6.29. The Hall–Kier alpha value is -4.97. The van der Waals surface area contributed by atoms with Gasteiger partial charge in [-0.25, -0.2) is 19.7 Å². The maximum Gasteiger partial charge on any atom is 0.411 e.